The number of hydrogen-bond acceptors (Lipinski definition) is 5. The quantitative estimate of drug-likeness (QED) is 0.543. The number of carbonyl (C=O) groups excluding carboxylic acids is 1. The van der Waals surface area contributed by atoms with Crippen molar-refractivity contribution in [1.82, 2.24) is 14.9 Å². The highest BCUT2D eigenvalue weighted by atomic mass is 16.6. The van der Waals surface area contributed by atoms with Crippen molar-refractivity contribution in [3.05, 3.63) is 37.1 Å². The van der Waals surface area contributed by atoms with Crippen molar-refractivity contribution in [2.75, 3.05) is 0 Å². The molecule has 0 saturated carbocycles. The van der Waals surface area contributed by atoms with E-state index >= 15 is 0 Å². The number of aromatic nitrogens is 2. The molecule has 0 spiro atoms. The van der Waals surface area contributed by atoms with Crippen LogP contribution in [0.25, 0.3) is 0 Å². The first-order valence-corrected chi connectivity index (χ1v) is 5.62. The van der Waals surface area contributed by atoms with Crippen molar-refractivity contribution in [3.63, 3.8) is 0 Å². The molecule has 0 aliphatic heterocycles. The number of nitrogens with one attached hydrogen (secondary N) is 2. The van der Waals surface area contributed by atoms with E-state index in [4.69, 9.17) is 0 Å². The van der Waals surface area contributed by atoms with Gasteiger partial charge >= 0.3 is 16.9 Å². The van der Waals surface area contributed by atoms with E-state index < -0.39 is 27.8 Å². The Bertz CT molecular complexity index is 603. The molecule has 1 aromatic rings. The Morgan fingerprint density at radius 2 is 2.21 bits per heavy atom. The first-order valence-electron chi connectivity index (χ1n) is 5.62. The van der Waals surface area contributed by atoms with Gasteiger partial charge in [0.05, 0.1) is 11.1 Å². The van der Waals surface area contributed by atoms with Gasteiger partial charge in [0.25, 0.3) is 0 Å². The van der Waals surface area contributed by atoms with Crippen LogP contribution in [0, 0.1) is 10.1 Å². The maximum atomic E-state index is 11.6. The number of nitrogens with zero attached hydrogens (tertiary/aromatic N) is 2. The van der Waals surface area contributed by atoms with Gasteiger partial charge in [-0.1, -0.05) is 6.92 Å². The summed E-state index contributed by atoms with van der Waals surface area (Å²) in [5.74, 6) is -0.460. The monoisotopic (exact) mass is 270 g/mol. The van der Waals surface area contributed by atoms with Gasteiger partial charge in [-0.3, -0.25) is 29.3 Å². The Hall–Kier alpha value is -2.45. The van der Waals surface area contributed by atoms with Gasteiger partial charge in [0.1, 0.15) is 6.54 Å². The lowest BCUT2D eigenvalue weighted by molar-refractivity contribution is -0.386. The maximum absolute atomic E-state index is 11.6. The molecule has 1 rings (SSSR count). The summed E-state index contributed by atoms with van der Waals surface area (Å²) >= 11 is 0. The summed E-state index contributed by atoms with van der Waals surface area (Å²) in [4.78, 5) is 45.6. The van der Waals surface area contributed by atoms with Crippen LogP contribution < -0.4 is 16.6 Å². The fourth-order valence-electron chi connectivity index (χ4n) is 1.32. The molecule has 1 heterocycles. The van der Waals surface area contributed by atoms with Gasteiger partial charge < -0.3 is 5.32 Å². The predicted molar refractivity (Wildman–Crippen MR) is 65.9 cm³/mol. The lowest BCUT2D eigenvalue weighted by atomic mass is 10.2. The first-order chi connectivity index (χ1) is 8.85. The summed E-state index contributed by atoms with van der Waals surface area (Å²) in [6.07, 6.45) is 1.48. The molecular formula is C10H14N4O5. The molecular weight excluding hydrogens is 256 g/mol. The highest BCUT2D eigenvalue weighted by Gasteiger charge is 2.16. The molecule has 9 nitrogen and oxygen atoms in total. The van der Waals surface area contributed by atoms with E-state index in [0.717, 1.165) is 10.8 Å². The molecule has 0 aromatic carbocycles. The predicted octanol–water partition coefficient (Wildman–Crippen LogP) is -0.640. The summed E-state index contributed by atoms with van der Waals surface area (Å²) in [5, 5.41) is 13.2. The van der Waals surface area contributed by atoms with E-state index in [0.29, 0.717) is 6.42 Å². The van der Waals surface area contributed by atoms with Crippen LogP contribution in [0.1, 0.15) is 20.3 Å². The highest BCUT2D eigenvalue weighted by molar-refractivity contribution is 5.76. The van der Waals surface area contributed by atoms with Crippen LogP contribution >= 0.6 is 0 Å². The van der Waals surface area contributed by atoms with E-state index in [1.807, 2.05) is 6.92 Å². The maximum Gasteiger partial charge on any atom is 0.350 e. The topological polar surface area (TPSA) is 127 Å². The molecule has 104 valence electrons. The molecule has 2 N–H and O–H groups in total. The van der Waals surface area contributed by atoms with E-state index in [-0.39, 0.29) is 12.6 Å². The lowest BCUT2D eigenvalue weighted by Gasteiger charge is -2.11. The molecule has 1 atom stereocenters. The molecule has 0 fully saturated rings. The van der Waals surface area contributed by atoms with E-state index in [2.05, 4.69) is 5.32 Å². The summed E-state index contributed by atoms with van der Waals surface area (Å²) in [6.45, 7) is 3.28. The smallest absolute Gasteiger partial charge is 0.350 e. The van der Waals surface area contributed by atoms with Crippen molar-refractivity contribution in [2.24, 2.45) is 0 Å². The Morgan fingerprint density at radius 3 is 2.74 bits per heavy atom. The Morgan fingerprint density at radius 1 is 1.58 bits per heavy atom. The Labute approximate surface area is 107 Å². The number of rotatable bonds is 5. The third kappa shape index (κ3) is 3.76. The highest BCUT2D eigenvalue weighted by Crippen LogP contribution is 1.98. The normalized spacial score (nSPS) is 11.9. The second kappa shape index (κ2) is 5.94. The second-order valence-electron chi connectivity index (χ2n) is 4.04. The van der Waals surface area contributed by atoms with Gasteiger partial charge in [0.2, 0.25) is 5.91 Å². The number of aromatic amines is 1. The van der Waals surface area contributed by atoms with Gasteiger partial charge in [0.15, 0.2) is 0 Å². The Balaban J connectivity index is 2.99. The van der Waals surface area contributed by atoms with Crippen molar-refractivity contribution >= 4 is 11.6 Å². The van der Waals surface area contributed by atoms with Gasteiger partial charge in [-0.25, -0.2) is 4.79 Å². The average Bonchev–Trinajstić information content (AvgIpc) is 2.31. The van der Waals surface area contributed by atoms with Crippen LogP contribution in [0.15, 0.2) is 15.8 Å². The second-order valence-corrected chi connectivity index (χ2v) is 4.04. The van der Waals surface area contributed by atoms with E-state index in [1.54, 1.807) is 11.9 Å². The van der Waals surface area contributed by atoms with Crippen LogP contribution in [0.5, 0.6) is 0 Å². The zero-order chi connectivity index (χ0) is 14.6. The number of carbonyl (C=O) groups is 1. The van der Waals surface area contributed by atoms with Gasteiger partial charge in [-0.2, -0.15) is 0 Å². The van der Waals surface area contributed by atoms with E-state index in [1.165, 1.54) is 0 Å². The third-order valence-electron chi connectivity index (χ3n) is 2.52. The molecule has 1 amide bonds. The Kier molecular flexibility index (Phi) is 4.56. The van der Waals surface area contributed by atoms with E-state index in [9.17, 15) is 24.5 Å². The summed E-state index contributed by atoms with van der Waals surface area (Å²) in [6, 6.07) is -0.0686. The molecule has 9 heteroatoms. The van der Waals surface area contributed by atoms with Crippen molar-refractivity contribution < 1.29 is 9.72 Å². The molecule has 0 bridgehead atoms. The molecule has 0 aliphatic carbocycles. The minimum atomic E-state index is -1.09. The van der Waals surface area contributed by atoms with Crippen LogP contribution in [-0.2, 0) is 11.3 Å². The molecule has 19 heavy (non-hydrogen) atoms. The van der Waals surface area contributed by atoms with Crippen LogP contribution in [0.2, 0.25) is 0 Å². The summed E-state index contributed by atoms with van der Waals surface area (Å²) < 4.78 is 0.789. The fourth-order valence-corrected chi connectivity index (χ4v) is 1.32. The van der Waals surface area contributed by atoms with Crippen LogP contribution in [-0.4, -0.2) is 26.4 Å². The summed E-state index contributed by atoms with van der Waals surface area (Å²) in [5.41, 5.74) is -2.74. The average molecular weight is 270 g/mol. The van der Waals surface area contributed by atoms with Gasteiger partial charge in [-0.05, 0) is 13.3 Å². The minimum absolute atomic E-state index is 0.0686. The lowest BCUT2D eigenvalue weighted by Crippen LogP contribution is -2.39. The molecule has 0 saturated heterocycles. The number of H-pyrrole nitrogens is 1. The van der Waals surface area contributed by atoms with Gasteiger partial charge in [-0.15, -0.1) is 0 Å². The first kappa shape index (κ1) is 14.6. The number of nitro groups is 1. The SMILES string of the molecule is CCC(C)NC(=O)Cn1cc([N+](=O)[O-])c(=O)[nH]c1=O. The van der Waals surface area contributed by atoms with Crippen LogP contribution in [0.4, 0.5) is 5.69 Å². The number of hydrogen-bond donors (Lipinski definition) is 2. The third-order valence-corrected chi connectivity index (χ3v) is 2.52. The van der Waals surface area contributed by atoms with Crippen molar-refractivity contribution in [2.45, 2.75) is 32.9 Å². The fraction of sp³-hybridized carbons (Fsp3) is 0.500. The standard InChI is InChI=1S/C10H14N4O5/c1-3-6(2)11-8(15)5-13-4-7(14(18)19)9(16)12-10(13)17/h4,6H,3,5H2,1-2H3,(H,11,15)(H,12,16,17). The molecule has 1 aromatic heterocycles. The number of amides is 1. The van der Waals surface area contributed by atoms with Crippen LogP contribution in [0.3, 0.4) is 0 Å². The molecule has 1 unspecified atom stereocenters. The zero-order valence-corrected chi connectivity index (χ0v) is 10.5. The zero-order valence-electron chi connectivity index (χ0n) is 10.5. The minimum Gasteiger partial charge on any atom is -0.352 e. The van der Waals surface area contributed by atoms with Crippen molar-refractivity contribution in [3.8, 4) is 0 Å². The van der Waals surface area contributed by atoms with Crippen molar-refractivity contribution in [1.29, 1.82) is 0 Å². The summed E-state index contributed by atoms with van der Waals surface area (Å²) in [7, 11) is 0. The largest absolute Gasteiger partial charge is 0.352 e. The van der Waals surface area contributed by atoms with Gasteiger partial charge in [0, 0.05) is 6.04 Å². The molecule has 0 aliphatic rings. The molecule has 0 radical (unpaired) electrons.